The van der Waals surface area contributed by atoms with E-state index in [4.69, 9.17) is 17.3 Å². The number of aryl methyl sites for hydroxylation is 1. The van der Waals surface area contributed by atoms with E-state index in [0.717, 1.165) is 0 Å². The van der Waals surface area contributed by atoms with Crippen LogP contribution in [-0.4, -0.2) is 18.1 Å². The van der Waals surface area contributed by atoms with E-state index in [9.17, 15) is 4.79 Å². The van der Waals surface area contributed by atoms with Crippen LogP contribution in [0.5, 0.6) is 0 Å². The number of hydrogen-bond donors (Lipinski definition) is 1. The van der Waals surface area contributed by atoms with Crippen molar-refractivity contribution in [3.05, 3.63) is 22.5 Å². The van der Waals surface area contributed by atoms with Crippen molar-refractivity contribution in [2.75, 3.05) is 12.8 Å². The number of aromatic nitrogens is 1. The summed E-state index contributed by atoms with van der Waals surface area (Å²) < 4.78 is 4.52. The molecule has 2 N–H and O–H groups in total. The molecule has 84 valence electrons. The number of nitrogens with zero attached hydrogens (tertiary/aromatic N) is 1. The number of methoxy groups -OCH3 is 1. The molecule has 0 saturated carbocycles. The second kappa shape index (κ2) is 6.24. The van der Waals surface area contributed by atoms with Gasteiger partial charge in [0.05, 0.1) is 24.1 Å². The number of carbonyl (C=O) groups excluding carboxylic acids is 1. The van der Waals surface area contributed by atoms with Crippen LogP contribution in [0.3, 0.4) is 0 Å². The number of anilines is 1. The van der Waals surface area contributed by atoms with Crippen LogP contribution in [0.2, 0.25) is 5.15 Å². The Hall–Kier alpha value is -1.29. The maximum Gasteiger partial charge on any atom is 0.340 e. The van der Waals surface area contributed by atoms with Gasteiger partial charge in [0.15, 0.2) is 0 Å². The third-order valence-corrected chi connectivity index (χ3v) is 1.82. The number of carbonyl (C=O) groups is 1. The molecule has 0 atom stereocenters. The molecule has 1 heterocycles. The molecule has 0 spiro atoms. The molecule has 1 rings (SSSR count). The van der Waals surface area contributed by atoms with E-state index in [2.05, 4.69) is 9.72 Å². The molecular weight excluding hydrogens is 216 g/mol. The molecule has 0 unspecified atom stereocenters. The topological polar surface area (TPSA) is 65.2 Å². The van der Waals surface area contributed by atoms with Crippen molar-refractivity contribution in [2.24, 2.45) is 0 Å². The normalized spacial score (nSPS) is 8.87. The van der Waals surface area contributed by atoms with Crippen molar-refractivity contribution in [3.63, 3.8) is 0 Å². The molecule has 5 heteroatoms. The first-order valence-electron chi connectivity index (χ1n) is 4.57. The second-order valence-electron chi connectivity index (χ2n) is 2.48. The first-order chi connectivity index (χ1) is 7.06. The summed E-state index contributed by atoms with van der Waals surface area (Å²) in [4.78, 5) is 15.0. The molecule has 0 amide bonds. The Bertz CT molecular complexity index is 354. The molecule has 0 radical (unpaired) electrons. The van der Waals surface area contributed by atoms with Crippen LogP contribution in [0, 0.1) is 6.92 Å². The van der Waals surface area contributed by atoms with Gasteiger partial charge in [0, 0.05) is 0 Å². The monoisotopic (exact) mass is 230 g/mol. The summed E-state index contributed by atoms with van der Waals surface area (Å²) in [6.45, 7) is 5.67. The summed E-state index contributed by atoms with van der Waals surface area (Å²) in [6.07, 6.45) is 0. The standard InChI is InChI=1S/C8H9ClN2O2.C2H6/c1-4-7(10)5(8(12)13-2)3-6(9)11-4;1-2/h3H,10H2,1-2H3;1-2H3. The second-order valence-corrected chi connectivity index (χ2v) is 2.87. The fourth-order valence-corrected chi connectivity index (χ4v) is 1.16. The fourth-order valence-electron chi connectivity index (χ4n) is 0.923. The van der Waals surface area contributed by atoms with Gasteiger partial charge in [-0.2, -0.15) is 0 Å². The Morgan fingerprint density at radius 1 is 1.53 bits per heavy atom. The number of hydrogen-bond acceptors (Lipinski definition) is 4. The van der Waals surface area contributed by atoms with E-state index >= 15 is 0 Å². The van der Waals surface area contributed by atoms with Crippen molar-refractivity contribution in [1.29, 1.82) is 0 Å². The predicted octanol–water partition coefficient (Wildman–Crippen LogP) is 2.44. The van der Waals surface area contributed by atoms with E-state index in [0.29, 0.717) is 11.4 Å². The van der Waals surface area contributed by atoms with E-state index in [-0.39, 0.29) is 10.7 Å². The lowest BCUT2D eigenvalue weighted by Gasteiger charge is -2.05. The van der Waals surface area contributed by atoms with E-state index in [1.54, 1.807) is 6.92 Å². The zero-order valence-electron chi connectivity index (χ0n) is 9.30. The van der Waals surface area contributed by atoms with Gasteiger partial charge >= 0.3 is 5.97 Å². The van der Waals surface area contributed by atoms with Crippen molar-refractivity contribution in [1.82, 2.24) is 4.98 Å². The molecular formula is C10H15ClN2O2. The SMILES string of the molecule is CC.COC(=O)c1cc(Cl)nc(C)c1N. The average molecular weight is 231 g/mol. The van der Waals surface area contributed by atoms with Crippen molar-refractivity contribution in [2.45, 2.75) is 20.8 Å². The predicted molar refractivity (Wildman–Crippen MR) is 61.1 cm³/mol. The molecule has 15 heavy (non-hydrogen) atoms. The number of rotatable bonds is 1. The number of esters is 1. The largest absolute Gasteiger partial charge is 0.465 e. The van der Waals surface area contributed by atoms with Crippen LogP contribution in [-0.2, 0) is 4.74 Å². The first kappa shape index (κ1) is 13.7. The van der Waals surface area contributed by atoms with Crippen LogP contribution in [0.25, 0.3) is 0 Å². The van der Waals surface area contributed by atoms with Crippen molar-refractivity contribution in [3.8, 4) is 0 Å². The maximum absolute atomic E-state index is 11.2. The molecule has 0 bridgehead atoms. The lowest BCUT2D eigenvalue weighted by Crippen LogP contribution is -2.08. The summed E-state index contributed by atoms with van der Waals surface area (Å²) in [5.41, 5.74) is 6.68. The van der Waals surface area contributed by atoms with Crippen molar-refractivity contribution < 1.29 is 9.53 Å². The van der Waals surface area contributed by atoms with E-state index in [1.807, 2.05) is 13.8 Å². The lowest BCUT2D eigenvalue weighted by atomic mass is 10.2. The Morgan fingerprint density at radius 2 is 2.07 bits per heavy atom. The van der Waals surface area contributed by atoms with Gasteiger partial charge in [0.25, 0.3) is 0 Å². The van der Waals surface area contributed by atoms with Crippen LogP contribution < -0.4 is 5.73 Å². The van der Waals surface area contributed by atoms with Gasteiger partial charge in [-0.3, -0.25) is 0 Å². The molecule has 0 aliphatic heterocycles. The third kappa shape index (κ3) is 3.40. The van der Waals surface area contributed by atoms with Crippen LogP contribution in [0.4, 0.5) is 5.69 Å². The molecule has 0 aliphatic carbocycles. The minimum Gasteiger partial charge on any atom is -0.465 e. The molecule has 4 nitrogen and oxygen atoms in total. The van der Waals surface area contributed by atoms with Gasteiger partial charge in [0.2, 0.25) is 0 Å². The number of nitrogen functional groups attached to an aromatic ring is 1. The Balaban J connectivity index is 0.000000921. The Kier molecular flexibility index (Phi) is 5.70. The Morgan fingerprint density at radius 3 is 2.53 bits per heavy atom. The summed E-state index contributed by atoms with van der Waals surface area (Å²) in [6, 6.07) is 1.38. The Labute approximate surface area is 94.4 Å². The number of pyridine rings is 1. The third-order valence-electron chi connectivity index (χ3n) is 1.62. The van der Waals surface area contributed by atoms with Gasteiger partial charge in [0.1, 0.15) is 5.15 Å². The minimum absolute atomic E-state index is 0.229. The smallest absolute Gasteiger partial charge is 0.340 e. The highest BCUT2D eigenvalue weighted by Crippen LogP contribution is 2.19. The average Bonchev–Trinajstić information content (AvgIpc) is 2.25. The quantitative estimate of drug-likeness (QED) is 0.595. The highest BCUT2D eigenvalue weighted by molar-refractivity contribution is 6.29. The summed E-state index contributed by atoms with van der Waals surface area (Å²) >= 11 is 5.65. The molecule has 0 aliphatic rings. The molecule has 1 aromatic rings. The summed E-state index contributed by atoms with van der Waals surface area (Å²) in [5, 5.41) is 0.229. The summed E-state index contributed by atoms with van der Waals surface area (Å²) in [7, 11) is 1.28. The van der Waals surface area contributed by atoms with Gasteiger partial charge < -0.3 is 10.5 Å². The van der Waals surface area contributed by atoms with Crippen LogP contribution in [0.15, 0.2) is 6.07 Å². The summed E-state index contributed by atoms with van der Waals surface area (Å²) in [5.74, 6) is -0.509. The number of nitrogens with two attached hydrogens (primary N) is 1. The number of ether oxygens (including phenoxy) is 1. The first-order valence-corrected chi connectivity index (χ1v) is 4.95. The van der Waals surface area contributed by atoms with Crippen molar-refractivity contribution >= 4 is 23.3 Å². The van der Waals surface area contributed by atoms with Gasteiger partial charge in [-0.05, 0) is 13.0 Å². The van der Waals surface area contributed by atoms with E-state index < -0.39 is 5.97 Å². The maximum atomic E-state index is 11.2. The molecule has 0 saturated heterocycles. The highest BCUT2D eigenvalue weighted by Gasteiger charge is 2.13. The van der Waals surface area contributed by atoms with Gasteiger partial charge in [-0.25, -0.2) is 9.78 Å². The number of halogens is 1. The van der Waals surface area contributed by atoms with E-state index in [1.165, 1.54) is 13.2 Å². The lowest BCUT2D eigenvalue weighted by molar-refractivity contribution is 0.0601. The van der Waals surface area contributed by atoms with Crippen LogP contribution in [0.1, 0.15) is 29.9 Å². The van der Waals surface area contributed by atoms with Gasteiger partial charge in [-0.15, -0.1) is 0 Å². The molecule has 1 aromatic heterocycles. The highest BCUT2D eigenvalue weighted by atomic mass is 35.5. The molecule has 0 fully saturated rings. The van der Waals surface area contributed by atoms with Gasteiger partial charge in [-0.1, -0.05) is 25.4 Å². The zero-order valence-corrected chi connectivity index (χ0v) is 10.1. The molecule has 0 aromatic carbocycles. The fraction of sp³-hybridized carbons (Fsp3) is 0.400. The zero-order chi connectivity index (χ0) is 12.0. The van der Waals surface area contributed by atoms with Crippen LogP contribution >= 0.6 is 11.6 Å². The minimum atomic E-state index is -0.509.